The average Bonchev–Trinajstić information content (AvgIpc) is 3.22. The average molecular weight is 287 g/mol. The Hall–Kier alpha value is -2.34. The highest BCUT2D eigenvalue weighted by Crippen LogP contribution is 2.17. The van der Waals surface area contributed by atoms with Crippen LogP contribution < -0.4 is 5.32 Å². The van der Waals surface area contributed by atoms with Gasteiger partial charge in [-0.1, -0.05) is 0 Å². The molecule has 1 N–H and O–H groups in total. The molecule has 20 heavy (non-hydrogen) atoms. The number of furan rings is 1. The summed E-state index contributed by atoms with van der Waals surface area (Å²) in [5.41, 5.74) is 0.675. The summed E-state index contributed by atoms with van der Waals surface area (Å²) in [6.45, 7) is 0.421. The molecule has 3 heterocycles. The van der Waals surface area contributed by atoms with E-state index in [1.807, 2.05) is 35.2 Å². The third-order valence-electron chi connectivity index (χ3n) is 2.96. The van der Waals surface area contributed by atoms with Gasteiger partial charge in [0.1, 0.15) is 11.8 Å². The summed E-state index contributed by atoms with van der Waals surface area (Å²) in [4.78, 5) is 12.0. The molecule has 0 fully saturated rings. The molecule has 0 spiro atoms. The highest BCUT2D eigenvalue weighted by molar-refractivity contribution is 7.08. The molecule has 0 aromatic carbocycles. The predicted molar refractivity (Wildman–Crippen MR) is 75.7 cm³/mol. The SMILES string of the molecule is O=C(NCC(c1ccco1)n1cccn1)c1ccsc1. The van der Waals surface area contributed by atoms with Gasteiger partial charge >= 0.3 is 0 Å². The van der Waals surface area contributed by atoms with E-state index in [2.05, 4.69) is 10.4 Å². The summed E-state index contributed by atoms with van der Waals surface area (Å²) in [6, 6.07) is 7.20. The quantitative estimate of drug-likeness (QED) is 0.784. The number of hydrogen-bond donors (Lipinski definition) is 1. The molecule has 0 bridgehead atoms. The Bertz CT molecular complexity index is 610. The summed E-state index contributed by atoms with van der Waals surface area (Å²) >= 11 is 1.50. The molecule has 0 aliphatic carbocycles. The van der Waals surface area contributed by atoms with Gasteiger partial charge in [-0.15, -0.1) is 0 Å². The summed E-state index contributed by atoms with van der Waals surface area (Å²) in [6.07, 6.45) is 5.17. The van der Waals surface area contributed by atoms with E-state index in [1.165, 1.54) is 11.3 Å². The van der Waals surface area contributed by atoms with Crippen LogP contribution in [0.4, 0.5) is 0 Å². The van der Waals surface area contributed by atoms with Crippen LogP contribution in [-0.4, -0.2) is 22.2 Å². The Kier molecular flexibility index (Phi) is 3.64. The topological polar surface area (TPSA) is 60.1 Å². The highest BCUT2D eigenvalue weighted by atomic mass is 32.1. The third kappa shape index (κ3) is 2.65. The molecular formula is C14H13N3O2S. The molecule has 1 unspecified atom stereocenters. The molecule has 1 atom stereocenters. The number of amides is 1. The van der Waals surface area contributed by atoms with E-state index in [4.69, 9.17) is 4.42 Å². The van der Waals surface area contributed by atoms with E-state index in [-0.39, 0.29) is 11.9 Å². The highest BCUT2D eigenvalue weighted by Gasteiger charge is 2.18. The largest absolute Gasteiger partial charge is 0.467 e. The third-order valence-corrected chi connectivity index (χ3v) is 3.64. The van der Waals surface area contributed by atoms with Crippen molar-refractivity contribution in [2.75, 3.05) is 6.54 Å². The zero-order chi connectivity index (χ0) is 13.8. The van der Waals surface area contributed by atoms with Crippen LogP contribution in [0.1, 0.15) is 22.2 Å². The van der Waals surface area contributed by atoms with E-state index < -0.39 is 0 Å². The Labute approximate surface area is 119 Å². The van der Waals surface area contributed by atoms with Gasteiger partial charge < -0.3 is 9.73 Å². The molecule has 102 valence electrons. The monoisotopic (exact) mass is 287 g/mol. The maximum atomic E-state index is 12.0. The van der Waals surface area contributed by atoms with E-state index in [9.17, 15) is 4.79 Å². The van der Waals surface area contributed by atoms with Crippen molar-refractivity contribution in [2.24, 2.45) is 0 Å². The number of thiophene rings is 1. The molecule has 6 heteroatoms. The summed E-state index contributed by atoms with van der Waals surface area (Å²) in [7, 11) is 0. The lowest BCUT2D eigenvalue weighted by molar-refractivity contribution is 0.0948. The van der Waals surface area contributed by atoms with Crippen LogP contribution in [0, 0.1) is 0 Å². The fraction of sp³-hybridized carbons (Fsp3) is 0.143. The summed E-state index contributed by atoms with van der Waals surface area (Å²) < 4.78 is 7.20. The Morgan fingerprint density at radius 1 is 1.45 bits per heavy atom. The lowest BCUT2D eigenvalue weighted by atomic mass is 10.2. The van der Waals surface area contributed by atoms with Crippen molar-refractivity contribution in [1.82, 2.24) is 15.1 Å². The molecule has 0 radical (unpaired) electrons. The molecule has 5 nitrogen and oxygen atoms in total. The second kappa shape index (κ2) is 5.75. The van der Waals surface area contributed by atoms with Crippen LogP contribution in [0.2, 0.25) is 0 Å². The predicted octanol–water partition coefficient (Wildman–Crippen LogP) is 2.56. The minimum absolute atomic E-state index is 0.0880. The van der Waals surface area contributed by atoms with Gasteiger partial charge in [0.2, 0.25) is 0 Å². The minimum Gasteiger partial charge on any atom is -0.467 e. The van der Waals surface area contributed by atoms with E-state index in [1.54, 1.807) is 23.2 Å². The molecular weight excluding hydrogens is 274 g/mol. The summed E-state index contributed by atoms with van der Waals surface area (Å²) in [5.74, 6) is 0.675. The normalized spacial score (nSPS) is 12.2. The first-order chi connectivity index (χ1) is 9.84. The van der Waals surface area contributed by atoms with Gasteiger partial charge in [-0.3, -0.25) is 9.48 Å². The van der Waals surface area contributed by atoms with E-state index in [0.717, 1.165) is 5.76 Å². The second-order valence-corrected chi connectivity index (χ2v) is 5.02. The fourth-order valence-electron chi connectivity index (χ4n) is 1.96. The van der Waals surface area contributed by atoms with Gasteiger partial charge in [0.05, 0.1) is 6.26 Å². The Morgan fingerprint density at radius 2 is 2.40 bits per heavy atom. The smallest absolute Gasteiger partial charge is 0.252 e. The first kappa shape index (κ1) is 12.7. The molecule has 3 aromatic rings. The molecule has 1 amide bonds. The molecule has 0 saturated carbocycles. The maximum Gasteiger partial charge on any atom is 0.252 e. The van der Waals surface area contributed by atoms with Crippen molar-refractivity contribution in [3.8, 4) is 0 Å². The van der Waals surface area contributed by atoms with Gasteiger partial charge in [-0.05, 0) is 29.6 Å². The lowest BCUT2D eigenvalue weighted by Gasteiger charge is -2.16. The zero-order valence-corrected chi connectivity index (χ0v) is 11.4. The number of carbonyl (C=O) groups excluding carboxylic acids is 1. The van der Waals surface area contributed by atoms with Crippen molar-refractivity contribution >= 4 is 17.2 Å². The number of rotatable bonds is 5. The first-order valence-corrected chi connectivity index (χ1v) is 7.12. The number of carbonyl (C=O) groups is 1. The molecule has 0 saturated heterocycles. The second-order valence-electron chi connectivity index (χ2n) is 4.24. The number of nitrogens with one attached hydrogen (secondary N) is 1. The molecule has 3 rings (SSSR count). The molecule has 0 aliphatic heterocycles. The van der Waals surface area contributed by atoms with Gasteiger partial charge in [-0.2, -0.15) is 16.4 Å². The van der Waals surface area contributed by atoms with Crippen LogP contribution in [0.15, 0.2) is 58.1 Å². The van der Waals surface area contributed by atoms with Gasteiger partial charge in [0.25, 0.3) is 5.91 Å². The van der Waals surface area contributed by atoms with E-state index >= 15 is 0 Å². The number of nitrogens with zero attached hydrogens (tertiary/aromatic N) is 2. The van der Waals surface area contributed by atoms with Crippen molar-refractivity contribution in [3.63, 3.8) is 0 Å². The van der Waals surface area contributed by atoms with Crippen LogP contribution in [0.25, 0.3) is 0 Å². The van der Waals surface area contributed by atoms with Crippen molar-refractivity contribution in [2.45, 2.75) is 6.04 Å². The van der Waals surface area contributed by atoms with Crippen molar-refractivity contribution in [1.29, 1.82) is 0 Å². The fourth-order valence-corrected chi connectivity index (χ4v) is 2.59. The van der Waals surface area contributed by atoms with Gasteiger partial charge in [0, 0.05) is 29.9 Å². The Balaban J connectivity index is 1.73. The molecule has 3 aromatic heterocycles. The number of hydrogen-bond acceptors (Lipinski definition) is 4. The molecule has 0 aliphatic rings. The lowest BCUT2D eigenvalue weighted by Crippen LogP contribution is -2.31. The minimum atomic E-state index is -0.150. The maximum absolute atomic E-state index is 12.0. The van der Waals surface area contributed by atoms with E-state index in [0.29, 0.717) is 12.1 Å². The Morgan fingerprint density at radius 3 is 3.05 bits per heavy atom. The summed E-state index contributed by atoms with van der Waals surface area (Å²) in [5, 5.41) is 10.8. The zero-order valence-electron chi connectivity index (χ0n) is 10.6. The van der Waals surface area contributed by atoms with Crippen LogP contribution in [0.5, 0.6) is 0 Å². The van der Waals surface area contributed by atoms with Crippen LogP contribution >= 0.6 is 11.3 Å². The van der Waals surface area contributed by atoms with Crippen molar-refractivity contribution < 1.29 is 9.21 Å². The number of aromatic nitrogens is 2. The van der Waals surface area contributed by atoms with Gasteiger partial charge in [-0.25, -0.2) is 0 Å². The van der Waals surface area contributed by atoms with Crippen LogP contribution in [0.3, 0.4) is 0 Å². The van der Waals surface area contributed by atoms with Crippen molar-refractivity contribution in [3.05, 3.63) is 65.0 Å². The van der Waals surface area contributed by atoms with Crippen LogP contribution in [-0.2, 0) is 0 Å². The standard InChI is InChI=1S/C14H13N3O2S/c18-14(11-4-8-20-10-11)15-9-12(13-3-1-7-19-13)17-6-2-5-16-17/h1-8,10,12H,9H2,(H,15,18). The first-order valence-electron chi connectivity index (χ1n) is 6.17. The van der Waals surface area contributed by atoms with Gasteiger partial charge in [0.15, 0.2) is 0 Å².